The Morgan fingerprint density at radius 2 is 2.29 bits per heavy atom. The molecular weight excluding hydrogens is 324 g/mol. The monoisotopic (exact) mass is 338 g/mol. The average molecular weight is 338 g/mol. The fourth-order valence-corrected chi connectivity index (χ4v) is 4.45. The van der Waals surface area contributed by atoms with E-state index in [-0.39, 0.29) is 23.7 Å². The van der Waals surface area contributed by atoms with Crippen LogP contribution in [0, 0.1) is 5.92 Å². The second-order valence-electron chi connectivity index (χ2n) is 6.01. The summed E-state index contributed by atoms with van der Waals surface area (Å²) in [6.45, 7) is 0. The highest BCUT2D eigenvalue weighted by atomic mass is 32.1. The highest BCUT2D eigenvalue weighted by Gasteiger charge is 2.43. The molecule has 1 N–H and O–H groups in total. The lowest BCUT2D eigenvalue weighted by Crippen LogP contribution is -2.39. The fraction of sp³-hybridized carbons (Fsp3) is 0.235. The van der Waals surface area contributed by atoms with Crippen LogP contribution >= 0.6 is 11.3 Å². The van der Waals surface area contributed by atoms with Gasteiger partial charge in [-0.1, -0.05) is 12.1 Å². The zero-order chi connectivity index (χ0) is 16.1. The van der Waals surface area contributed by atoms with Crippen LogP contribution in [0.2, 0.25) is 0 Å². The van der Waals surface area contributed by atoms with E-state index in [0.29, 0.717) is 12.4 Å². The lowest BCUT2D eigenvalue weighted by atomic mass is 9.78. The van der Waals surface area contributed by atoms with E-state index in [1.165, 1.54) is 6.33 Å². The van der Waals surface area contributed by atoms with Crippen molar-refractivity contribution < 1.29 is 9.21 Å². The number of carbonyl (C=O) groups is 1. The summed E-state index contributed by atoms with van der Waals surface area (Å²) < 4.78 is 7.32. The summed E-state index contributed by atoms with van der Waals surface area (Å²) in [4.78, 5) is 18.4. The maximum Gasteiger partial charge on any atom is 0.226 e. The molecule has 0 radical (unpaired) electrons. The first-order valence-corrected chi connectivity index (χ1v) is 8.67. The molecule has 1 aliphatic heterocycles. The van der Waals surface area contributed by atoms with Gasteiger partial charge < -0.3 is 9.73 Å². The molecule has 0 aromatic carbocycles. The van der Waals surface area contributed by atoms with E-state index in [4.69, 9.17) is 4.42 Å². The standard InChI is InChI=1S/C17H14N4O2S/c22-12-8-10(13-3-1-5-23-13)7-11-15(12)16(14-4-2-6-24-14)21-17(20-11)18-9-19-21/h1-7,9-10,15-16H,8H2,(H,18,19,20)/t10-,15+,16+/m1/s1. The Morgan fingerprint density at radius 3 is 3.08 bits per heavy atom. The minimum atomic E-state index is -0.260. The number of carbonyl (C=O) groups excluding carboxylic acids is 1. The van der Waals surface area contributed by atoms with E-state index in [2.05, 4.69) is 27.5 Å². The highest BCUT2D eigenvalue weighted by Crippen LogP contribution is 2.44. The number of fused-ring (bicyclic) bond motifs is 2. The van der Waals surface area contributed by atoms with Gasteiger partial charge in [-0.05, 0) is 23.6 Å². The van der Waals surface area contributed by atoms with Crippen LogP contribution in [-0.4, -0.2) is 20.5 Å². The van der Waals surface area contributed by atoms with Crippen molar-refractivity contribution in [2.24, 2.45) is 5.92 Å². The van der Waals surface area contributed by atoms with Crippen molar-refractivity contribution in [3.63, 3.8) is 0 Å². The number of nitrogens with zero attached hydrogens (tertiary/aromatic N) is 3. The molecule has 5 rings (SSSR count). The number of nitrogens with one attached hydrogen (secondary N) is 1. The number of furan rings is 1. The number of hydrogen-bond donors (Lipinski definition) is 1. The Morgan fingerprint density at radius 1 is 1.33 bits per heavy atom. The molecule has 0 fully saturated rings. The molecule has 0 spiro atoms. The third-order valence-corrected chi connectivity index (χ3v) is 5.58. The van der Waals surface area contributed by atoms with Crippen molar-refractivity contribution in [2.45, 2.75) is 18.4 Å². The molecule has 3 aromatic rings. The van der Waals surface area contributed by atoms with Crippen LogP contribution in [0.15, 0.2) is 58.4 Å². The van der Waals surface area contributed by atoms with E-state index >= 15 is 0 Å². The fourth-order valence-electron chi connectivity index (χ4n) is 3.60. The summed E-state index contributed by atoms with van der Waals surface area (Å²) in [7, 11) is 0. The molecule has 0 saturated carbocycles. The Bertz CT molecular complexity index is 910. The lowest BCUT2D eigenvalue weighted by molar-refractivity contribution is -0.123. The second kappa shape index (κ2) is 5.17. The van der Waals surface area contributed by atoms with Crippen LogP contribution in [0.25, 0.3) is 0 Å². The molecule has 0 amide bonds. The Kier molecular flexibility index (Phi) is 2.96. The predicted molar refractivity (Wildman–Crippen MR) is 88.7 cm³/mol. The van der Waals surface area contributed by atoms with E-state index in [1.807, 2.05) is 28.3 Å². The lowest BCUT2D eigenvalue weighted by Gasteiger charge is -2.36. The number of aromatic nitrogens is 3. The minimum Gasteiger partial charge on any atom is -0.469 e. The molecular formula is C17H14N4O2S. The van der Waals surface area contributed by atoms with Gasteiger partial charge in [-0.3, -0.25) is 4.79 Å². The van der Waals surface area contributed by atoms with Crippen molar-refractivity contribution >= 4 is 23.1 Å². The summed E-state index contributed by atoms with van der Waals surface area (Å²) in [6, 6.07) is 7.68. The largest absolute Gasteiger partial charge is 0.469 e. The smallest absolute Gasteiger partial charge is 0.226 e. The molecule has 6 nitrogen and oxygen atoms in total. The van der Waals surface area contributed by atoms with E-state index < -0.39 is 0 Å². The molecule has 7 heteroatoms. The van der Waals surface area contributed by atoms with E-state index in [0.717, 1.165) is 16.3 Å². The third-order valence-electron chi connectivity index (χ3n) is 4.64. The van der Waals surface area contributed by atoms with Gasteiger partial charge in [-0.15, -0.1) is 11.3 Å². The molecule has 2 aliphatic rings. The SMILES string of the molecule is O=C1C[C@H](c2ccco2)C=C2Nc3ncnn3[C@@H](c3cccs3)[C@H]12. The predicted octanol–water partition coefficient (Wildman–Crippen LogP) is 3.20. The van der Waals surface area contributed by atoms with Gasteiger partial charge in [0, 0.05) is 22.9 Å². The number of thiophene rings is 1. The summed E-state index contributed by atoms with van der Waals surface area (Å²) in [5.74, 6) is 1.38. The molecule has 4 heterocycles. The molecule has 0 saturated heterocycles. The van der Waals surface area contributed by atoms with Crippen molar-refractivity contribution in [3.05, 3.63) is 64.6 Å². The van der Waals surface area contributed by atoms with Gasteiger partial charge in [0.1, 0.15) is 23.9 Å². The number of Topliss-reactive ketones (excluding diaryl/α,β-unsaturated/α-hetero) is 1. The summed E-state index contributed by atoms with van der Waals surface area (Å²) >= 11 is 1.64. The molecule has 120 valence electrons. The van der Waals surface area contributed by atoms with Gasteiger partial charge >= 0.3 is 0 Å². The third kappa shape index (κ3) is 1.98. The first-order valence-electron chi connectivity index (χ1n) is 7.79. The highest BCUT2D eigenvalue weighted by molar-refractivity contribution is 7.10. The van der Waals surface area contributed by atoms with Crippen molar-refractivity contribution in [2.75, 3.05) is 5.32 Å². The van der Waals surface area contributed by atoms with Crippen LogP contribution in [-0.2, 0) is 4.79 Å². The van der Waals surface area contributed by atoms with Gasteiger partial charge in [-0.2, -0.15) is 10.1 Å². The average Bonchev–Trinajstić information content (AvgIpc) is 3.33. The van der Waals surface area contributed by atoms with Crippen LogP contribution in [0.5, 0.6) is 0 Å². The normalized spacial score (nSPS) is 25.6. The van der Waals surface area contributed by atoms with Gasteiger partial charge in [0.05, 0.1) is 12.2 Å². The summed E-state index contributed by atoms with van der Waals surface area (Å²) in [5.41, 5.74) is 0.895. The quantitative estimate of drug-likeness (QED) is 0.777. The van der Waals surface area contributed by atoms with Gasteiger partial charge in [0.15, 0.2) is 0 Å². The molecule has 0 bridgehead atoms. The van der Waals surface area contributed by atoms with Crippen molar-refractivity contribution in [3.8, 4) is 0 Å². The summed E-state index contributed by atoms with van der Waals surface area (Å²) in [5, 5.41) is 9.65. The Hall–Kier alpha value is -2.67. The van der Waals surface area contributed by atoms with Crippen LogP contribution in [0.1, 0.15) is 29.0 Å². The topological polar surface area (TPSA) is 73.0 Å². The first kappa shape index (κ1) is 13.7. The van der Waals surface area contributed by atoms with Crippen molar-refractivity contribution in [1.82, 2.24) is 14.8 Å². The molecule has 0 unspecified atom stereocenters. The second-order valence-corrected chi connectivity index (χ2v) is 6.98. The van der Waals surface area contributed by atoms with E-state index in [9.17, 15) is 4.79 Å². The maximum atomic E-state index is 13.0. The first-order chi connectivity index (χ1) is 11.8. The van der Waals surface area contributed by atoms with Crippen LogP contribution in [0.4, 0.5) is 5.95 Å². The van der Waals surface area contributed by atoms with Gasteiger partial charge in [-0.25, -0.2) is 4.68 Å². The number of allylic oxidation sites excluding steroid dienone is 2. The minimum absolute atomic E-state index is 0.0373. The van der Waals surface area contributed by atoms with Gasteiger partial charge in [0.2, 0.25) is 5.95 Å². The zero-order valence-corrected chi connectivity index (χ0v) is 13.4. The van der Waals surface area contributed by atoms with Crippen LogP contribution < -0.4 is 5.32 Å². The molecule has 1 aliphatic carbocycles. The zero-order valence-electron chi connectivity index (χ0n) is 12.6. The number of rotatable bonds is 2. The Balaban J connectivity index is 1.64. The van der Waals surface area contributed by atoms with E-state index in [1.54, 1.807) is 17.6 Å². The number of ketones is 1. The number of anilines is 1. The summed E-state index contributed by atoms with van der Waals surface area (Å²) in [6.07, 6.45) is 5.71. The van der Waals surface area contributed by atoms with Crippen molar-refractivity contribution in [1.29, 1.82) is 0 Å². The Labute approximate surface area is 141 Å². The molecule has 3 atom stereocenters. The molecule has 3 aromatic heterocycles. The maximum absolute atomic E-state index is 13.0. The van der Waals surface area contributed by atoms with Gasteiger partial charge in [0.25, 0.3) is 0 Å². The molecule has 24 heavy (non-hydrogen) atoms. The van der Waals surface area contributed by atoms with Crippen LogP contribution in [0.3, 0.4) is 0 Å². The number of hydrogen-bond acceptors (Lipinski definition) is 6.